The van der Waals surface area contributed by atoms with Crippen molar-refractivity contribution in [3.63, 3.8) is 0 Å². The molecule has 5 rings (SSSR count). The first-order valence-electron chi connectivity index (χ1n) is 9.90. The Hall–Kier alpha value is -2.57. The quantitative estimate of drug-likeness (QED) is 0.670. The van der Waals surface area contributed by atoms with E-state index in [9.17, 15) is 13.6 Å². The number of alkyl carbamates (subject to hydrolysis) is 1. The molecule has 152 valence electrons. The molecule has 5 unspecified atom stereocenters. The average molecular weight is 399 g/mol. The average Bonchev–Trinajstić information content (AvgIpc) is 2.95. The van der Waals surface area contributed by atoms with E-state index >= 15 is 0 Å². The number of carbonyl (C=O) groups excluding carboxylic acids is 1. The number of nitrogens with one attached hydrogen (secondary N) is 3. The van der Waals surface area contributed by atoms with E-state index in [0.717, 1.165) is 18.6 Å². The Morgan fingerprint density at radius 3 is 2.59 bits per heavy atom. The summed E-state index contributed by atoms with van der Waals surface area (Å²) < 4.78 is 33.5. The van der Waals surface area contributed by atoms with Gasteiger partial charge in [0, 0.05) is 17.7 Å². The lowest BCUT2D eigenvalue weighted by atomic mass is 9.63. The van der Waals surface area contributed by atoms with Crippen LogP contribution >= 0.6 is 0 Å². The topological polar surface area (TPSA) is 86.0 Å². The van der Waals surface area contributed by atoms with Crippen LogP contribution in [0.2, 0.25) is 0 Å². The fraction of sp³-hybridized carbons (Fsp3) is 0.500. The van der Waals surface area contributed by atoms with Gasteiger partial charge < -0.3 is 20.9 Å². The van der Waals surface area contributed by atoms with E-state index in [2.05, 4.69) is 5.32 Å². The highest BCUT2D eigenvalue weighted by molar-refractivity contribution is 6.15. The molecule has 4 fully saturated rings. The predicted molar refractivity (Wildman–Crippen MR) is 103 cm³/mol. The van der Waals surface area contributed by atoms with E-state index in [0.29, 0.717) is 23.1 Å². The summed E-state index contributed by atoms with van der Waals surface area (Å²) in [4.78, 5) is 12.2. The number of carbonyl (C=O) groups is 1. The van der Waals surface area contributed by atoms with E-state index in [1.807, 2.05) is 0 Å². The van der Waals surface area contributed by atoms with Gasteiger partial charge in [-0.2, -0.15) is 0 Å². The maximum absolute atomic E-state index is 14.0. The molecule has 0 aromatic heterocycles. The molecule has 7 heteroatoms. The molecule has 0 bridgehead atoms. The van der Waals surface area contributed by atoms with Gasteiger partial charge in [-0.15, -0.1) is 0 Å². The minimum Gasteiger partial charge on any atom is -0.444 e. The highest BCUT2D eigenvalue weighted by Gasteiger charge is 2.92. The number of ether oxygens (including phenoxy) is 1. The maximum atomic E-state index is 14.0. The highest BCUT2D eigenvalue weighted by atomic mass is 19.1. The normalized spacial score (nSPS) is 37.2. The Morgan fingerprint density at radius 1 is 1.31 bits per heavy atom. The van der Waals surface area contributed by atoms with E-state index in [-0.39, 0.29) is 34.6 Å². The lowest BCUT2D eigenvalue weighted by Crippen LogP contribution is -2.56. The smallest absolute Gasteiger partial charge is 0.407 e. The van der Waals surface area contributed by atoms with Crippen LogP contribution in [-0.2, 0) is 4.74 Å². The molecular formula is C22H23F2N3O2. The van der Waals surface area contributed by atoms with E-state index in [1.54, 1.807) is 20.8 Å². The first-order chi connectivity index (χ1) is 13.6. The minimum atomic E-state index is -0.780. The van der Waals surface area contributed by atoms with Crippen molar-refractivity contribution in [2.75, 3.05) is 0 Å². The number of halogens is 2. The van der Waals surface area contributed by atoms with Crippen molar-refractivity contribution in [1.82, 2.24) is 5.32 Å². The van der Waals surface area contributed by atoms with Gasteiger partial charge in [-0.05, 0) is 74.1 Å². The van der Waals surface area contributed by atoms with E-state index < -0.39 is 23.3 Å². The number of benzene rings is 1. The third-order valence-electron chi connectivity index (χ3n) is 7.13. The van der Waals surface area contributed by atoms with Crippen LogP contribution in [0.25, 0.3) is 0 Å². The summed E-state index contributed by atoms with van der Waals surface area (Å²) in [6.45, 7) is 5.41. The second kappa shape index (κ2) is 5.52. The van der Waals surface area contributed by atoms with Crippen LogP contribution in [0.4, 0.5) is 13.6 Å². The van der Waals surface area contributed by atoms with Crippen LogP contribution in [-0.4, -0.2) is 29.2 Å². The van der Waals surface area contributed by atoms with Crippen molar-refractivity contribution >= 4 is 17.5 Å². The molecule has 4 aliphatic rings. The van der Waals surface area contributed by atoms with Crippen molar-refractivity contribution < 1.29 is 18.3 Å². The van der Waals surface area contributed by atoms with Crippen LogP contribution < -0.4 is 5.32 Å². The zero-order chi connectivity index (χ0) is 20.9. The van der Waals surface area contributed by atoms with Crippen LogP contribution in [0.5, 0.6) is 0 Å². The summed E-state index contributed by atoms with van der Waals surface area (Å²) >= 11 is 0. The largest absolute Gasteiger partial charge is 0.444 e. The Labute approximate surface area is 167 Å². The summed E-state index contributed by atoms with van der Waals surface area (Å²) in [6, 6.07) is 3.39. The first-order valence-corrected chi connectivity index (χ1v) is 9.90. The van der Waals surface area contributed by atoms with Crippen molar-refractivity contribution in [1.29, 1.82) is 10.8 Å². The zero-order valence-corrected chi connectivity index (χ0v) is 16.5. The van der Waals surface area contributed by atoms with Gasteiger partial charge in [0.1, 0.15) is 17.2 Å². The van der Waals surface area contributed by atoms with Gasteiger partial charge in [0.05, 0.1) is 11.3 Å². The summed E-state index contributed by atoms with van der Waals surface area (Å²) in [5.41, 5.74) is -0.129. The fourth-order valence-electron chi connectivity index (χ4n) is 6.26. The van der Waals surface area contributed by atoms with Crippen molar-refractivity contribution in [3.05, 3.63) is 47.0 Å². The predicted octanol–water partition coefficient (Wildman–Crippen LogP) is 4.07. The Balaban J connectivity index is 1.39. The number of fused-ring (bicyclic) bond motifs is 1. The molecule has 0 radical (unpaired) electrons. The number of allylic oxidation sites excluding steroid dienone is 2. The maximum Gasteiger partial charge on any atom is 0.407 e. The molecule has 0 saturated heterocycles. The molecule has 5 nitrogen and oxygen atoms in total. The highest BCUT2D eigenvalue weighted by Crippen LogP contribution is 2.91. The monoisotopic (exact) mass is 399 g/mol. The number of hydrogen-bond donors (Lipinski definition) is 3. The molecule has 3 N–H and O–H groups in total. The van der Waals surface area contributed by atoms with Gasteiger partial charge in [0.15, 0.2) is 0 Å². The van der Waals surface area contributed by atoms with Gasteiger partial charge in [-0.25, -0.2) is 13.6 Å². The molecule has 4 aliphatic carbocycles. The molecule has 1 amide bonds. The summed E-state index contributed by atoms with van der Waals surface area (Å²) in [6.07, 6.45) is 1.87. The molecule has 0 aliphatic heterocycles. The van der Waals surface area contributed by atoms with Crippen molar-refractivity contribution in [2.45, 2.75) is 38.8 Å². The van der Waals surface area contributed by atoms with Crippen LogP contribution in [0, 0.1) is 51.5 Å². The van der Waals surface area contributed by atoms with Gasteiger partial charge in [0.2, 0.25) is 0 Å². The summed E-state index contributed by atoms with van der Waals surface area (Å²) in [5.74, 6) is -0.718. The molecular weight excluding hydrogens is 376 g/mol. The van der Waals surface area contributed by atoms with E-state index in [1.165, 1.54) is 12.1 Å². The van der Waals surface area contributed by atoms with Crippen LogP contribution in [0.1, 0.15) is 32.8 Å². The lowest BCUT2D eigenvalue weighted by Gasteiger charge is -2.43. The van der Waals surface area contributed by atoms with Gasteiger partial charge in [0.25, 0.3) is 0 Å². The summed E-state index contributed by atoms with van der Waals surface area (Å²) in [7, 11) is 0. The third kappa shape index (κ3) is 2.27. The third-order valence-corrected chi connectivity index (χ3v) is 7.13. The second-order valence-corrected chi connectivity index (χ2v) is 9.59. The fourth-order valence-corrected chi connectivity index (χ4v) is 6.26. The molecule has 1 aromatic rings. The molecule has 1 aromatic carbocycles. The van der Waals surface area contributed by atoms with Crippen molar-refractivity contribution in [2.24, 2.45) is 29.1 Å². The zero-order valence-electron chi connectivity index (χ0n) is 16.5. The molecule has 1 spiro atoms. The van der Waals surface area contributed by atoms with Crippen molar-refractivity contribution in [3.8, 4) is 0 Å². The van der Waals surface area contributed by atoms with E-state index in [4.69, 9.17) is 15.6 Å². The summed E-state index contributed by atoms with van der Waals surface area (Å²) in [5, 5.41) is 19.8. The van der Waals surface area contributed by atoms with Gasteiger partial charge >= 0.3 is 6.09 Å². The molecule has 6 atom stereocenters. The first kappa shape index (κ1) is 18.5. The lowest BCUT2D eigenvalue weighted by molar-refractivity contribution is 0.0344. The van der Waals surface area contributed by atoms with Crippen LogP contribution in [0.3, 0.4) is 0 Å². The Morgan fingerprint density at radius 2 is 1.97 bits per heavy atom. The second-order valence-electron chi connectivity index (χ2n) is 9.59. The molecule has 4 saturated carbocycles. The Kier molecular flexibility index (Phi) is 3.51. The van der Waals surface area contributed by atoms with Gasteiger partial charge in [-0.3, -0.25) is 0 Å². The van der Waals surface area contributed by atoms with Crippen LogP contribution in [0.15, 0.2) is 29.8 Å². The molecule has 0 heterocycles. The number of hydrogen-bond acceptors (Lipinski definition) is 4. The SMILES string of the molecule is CC(C)(C)OC(=O)NC1C2C(=N)/C(=C\C(=N)c3c(F)cccc3F)[C@@H]3CC4C1C423. The van der Waals surface area contributed by atoms with Gasteiger partial charge in [-0.1, -0.05) is 6.07 Å². The minimum absolute atomic E-state index is 0.0106. The number of amides is 1. The standard InChI is InChI=1S/C22H23F2N3O2/c1-21(2,3)29-20(28)27-19-16-11-8-10-9(18(26)17(19)22(10,11)16)7-14(25)15-12(23)5-4-6-13(15)24/h4-7,10-11,16-17,19,25-26H,8H2,1-3H3,(H,27,28)/b9-7-,25-14?,26-18?/t10-,11?,16?,17?,19?,22?/m0/s1. The number of rotatable bonds is 3. The molecule has 29 heavy (non-hydrogen) atoms. The Bertz CT molecular complexity index is 992.